The van der Waals surface area contributed by atoms with Gasteiger partial charge in [0.25, 0.3) is 0 Å². The molecule has 2 bridgehead atoms. The number of fused-ring (bicyclic) bond motifs is 3. The number of benzene rings is 1. The minimum Gasteiger partial charge on any atom is -0.316 e. The van der Waals surface area contributed by atoms with Gasteiger partial charge in [0.05, 0.1) is 0 Å². The summed E-state index contributed by atoms with van der Waals surface area (Å²) in [6.45, 7) is 6.04. The molecule has 3 heterocycles. The van der Waals surface area contributed by atoms with Crippen molar-refractivity contribution >= 4 is 0 Å². The van der Waals surface area contributed by atoms with Crippen LogP contribution in [-0.4, -0.2) is 37.6 Å². The molecule has 1 spiro atoms. The van der Waals surface area contributed by atoms with Crippen molar-refractivity contribution in [3.05, 3.63) is 35.6 Å². The van der Waals surface area contributed by atoms with Crippen LogP contribution in [-0.2, 0) is 0 Å². The van der Waals surface area contributed by atoms with Gasteiger partial charge in [0.2, 0.25) is 0 Å². The van der Waals surface area contributed by atoms with Crippen molar-refractivity contribution in [1.82, 2.24) is 10.2 Å². The fourth-order valence-electron chi connectivity index (χ4n) is 4.95. The van der Waals surface area contributed by atoms with Gasteiger partial charge in [-0.15, -0.1) is 0 Å². The van der Waals surface area contributed by atoms with Gasteiger partial charge in [-0.05, 0) is 67.9 Å². The van der Waals surface area contributed by atoms with Gasteiger partial charge >= 0.3 is 0 Å². The number of rotatable bonds is 1. The summed E-state index contributed by atoms with van der Waals surface area (Å²) in [4.78, 5) is 2.62. The fraction of sp³-hybridized carbons (Fsp3) is 0.647. The van der Waals surface area contributed by atoms with Crippen molar-refractivity contribution in [3.63, 3.8) is 0 Å². The Kier molecular flexibility index (Phi) is 3.08. The number of halogens is 1. The van der Waals surface area contributed by atoms with E-state index in [2.05, 4.69) is 10.2 Å². The first-order valence-corrected chi connectivity index (χ1v) is 7.96. The van der Waals surface area contributed by atoms with E-state index >= 15 is 0 Å². The van der Waals surface area contributed by atoms with E-state index < -0.39 is 0 Å². The quantitative estimate of drug-likeness (QED) is 0.847. The van der Waals surface area contributed by atoms with Crippen LogP contribution in [0.5, 0.6) is 0 Å². The zero-order valence-electron chi connectivity index (χ0n) is 11.9. The minimum absolute atomic E-state index is 0.123. The summed E-state index contributed by atoms with van der Waals surface area (Å²) < 4.78 is 13.2. The molecular formula is C17H23FN2. The van der Waals surface area contributed by atoms with Crippen molar-refractivity contribution < 1.29 is 4.39 Å². The molecular weight excluding hydrogens is 251 g/mol. The zero-order valence-corrected chi connectivity index (χ0v) is 11.9. The standard InChI is InChI=1S/C17H23FN2/c18-15-3-1-13(2-4-15)16-11-19-8-6-17(16)7-10-20-9-5-14(17)12-20/h1-4,14,16,19H,5-12H2. The lowest BCUT2D eigenvalue weighted by molar-refractivity contribution is 0.0329. The zero-order chi connectivity index (χ0) is 13.6. The number of hydrogen-bond acceptors (Lipinski definition) is 2. The lowest BCUT2D eigenvalue weighted by atomic mass is 9.58. The highest BCUT2D eigenvalue weighted by molar-refractivity contribution is 5.26. The Bertz CT molecular complexity index is 486. The molecule has 1 aromatic carbocycles. The van der Waals surface area contributed by atoms with Crippen LogP contribution in [0.25, 0.3) is 0 Å². The lowest BCUT2D eigenvalue weighted by Gasteiger charge is -2.51. The molecule has 2 nitrogen and oxygen atoms in total. The second kappa shape index (κ2) is 4.81. The van der Waals surface area contributed by atoms with Gasteiger partial charge in [-0.1, -0.05) is 12.1 Å². The molecule has 0 saturated carbocycles. The molecule has 3 heteroatoms. The summed E-state index contributed by atoms with van der Waals surface area (Å²) >= 11 is 0. The Balaban J connectivity index is 1.70. The van der Waals surface area contributed by atoms with Crippen molar-refractivity contribution in [2.45, 2.75) is 25.2 Å². The largest absolute Gasteiger partial charge is 0.316 e. The van der Waals surface area contributed by atoms with E-state index in [0.29, 0.717) is 11.3 Å². The number of piperidine rings is 2. The topological polar surface area (TPSA) is 15.3 Å². The normalized spacial score (nSPS) is 40.1. The van der Waals surface area contributed by atoms with Crippen LogP contribution in [0.15, 0.2) is 24.3 Å². The van der Waals surface area contributed by atoms with E-state index in [1.165, 1.54) is 44.5 Å². The molecule has 3 aliphatic rings. The highest BCUT2D eigenvalue weighted by atomic mass is 19.1. The van der Waals surface area contributed by atoms with Gasteiger partial charge in [0, 0.05) is 19.0 Å². The van der Waals surface area contributed by atoms with Gasteiger partial charge in [-0.2, -0.15) is 0 Å². The van der Waals surface area contributed by atoms with Crippen molar-refractivity contribution in [2.75, 3.05) is 32.7 Å². The SMILES string of the molecule is Fc1ccc(C2CNCCC23CCN2CCC3C2)cc1. The highest BCUT2D eigenvalue weighted by Crippen LogP contribution is 2.54. The van der Waals surface area contributed by atoms with Crippen LogP contribution in [0.1, 0.15) is 30.7 Å². The van der Waals surface area contributed by atoms with Gasteiger partial charge < -0.3 is 10.2 Å². The summed E-state index contributed by atoms with van der Waals surface area (Å²) in [5.41, 5.74) is 1.79. The van der Waals surface area contributed by atoms with E-state index in [9.17, 15) is 4.39 Å². The third-order valence-corrected chi connectivity index (χ3v) is 6.06. The molecule has 3 aliphatic heterocycles. The monoisotopic (exact) mass is 274 g/mol. The summed E-state index contributed by atoms with van der Waals surface area (Å²) in [6.07, 6.45) is 3.96. The van der Waals surface area contributed by atoms with Crippen molar-refractivity contribution in [3.8, 4) is 0 Å². The molecule has 0 aromatic heterocycles. The number of nitrogens with zero attached hydrogens (tertiary/aromatic N) is 1. The first-order valence-electron chi connectivity index (χ1n) is 7.96. The molecule has 4 atom stereocenters. The third kappa shape index (κ3) is 1.91. The molecule has 4 unspecified atom stereocenters. The van der Waals surface area contributed by atoms with E-state index in [1.54, 1.807) is 12.1 Å². The first kappa shape index (κ1) is 12.8. The molecule has 0 amide bonds. The van der Waals surface area contributed by atoms with Crippen LogP contribution < -0.4 is 5.32 Å². The second-order valence-corrected chi connectivity index (χ2v) is 6.83. The maximum Gasteiger partial charge on any atom is 0.123 e. The Labute approximate surface area is 120 Å². The molecule has 3 saturated heterocycles. The summed E-state index contributed by atoms with van der Waals surface area (Å²) in [5.74, 6) is 1.28. The molecule has 0 aliphatic carbocycles. The first-order chi connectivity index (χ1) is 9.78. The summed E-state index contributed by atoms with van der Waals surface area (Å²) in [5, 5.41) is 3.57. The van der Waals surface area contributed by atoms with Crippen LogP contribution in [0.4, 0.5) is 4.39 Å². The number of hydrogen-bond donors (Lipinski definition) is 1. The lowest BCUT2D eigenvalue weighted by Crippen LogP contribution is -2.52. The predicted molar refractivity (Wildman–Crippen MR) is 78.2 cm³/mol. The number of nitrogens with one attached hydrogen (secondary N) is 1. The fourth-order valence-corrected chi connectivity index (χ4v) is 4.95. The summed E-state index contributed by atoms with van der Waals surface area (Å²) in [6, 6.07) is 7.27. The average molecular weight is 274 g/mol. The minimum atomic E-state index is -0.123. The maximum atomic E-state index is 13.2. The maximum absolute atomic E-state index is 13.2. The van der Waals surface area contributed by atoms with E-state index in [0.717, 1.165) is 19.0 Å². The van der Waals surface area contributed by atoms with Gasteiger partial charge in [-0.3, -0.25) is 0 Å². The average Bonchev–Trinajstić information content (AvgIpc) is 2.90. The molecule has 108 valence electrons. The van der Waals surface area contributed by atoms with Crippen LogP contribution in [0, 0.1) is 17.2 Å². The molecule has 20 heavy (non-hydrogen) atoms. The van der Waals surface area contributed by atoms with E-state index in [1.807, 2.05) is 12.1 Å². The predicted octanol–water partition coefficient (Wildman–Crippen LogP) is 2.61. The highest BCUT2D eigenvalue weighted by Gasteiger charge is 2.51. The molecule has 1 N–H and O–H groups in total. The molecule has 1 aromatic rings. The smallest absolute Gasteiger partial charge is 0.123 e. The van der Waals surface area contributed by atoms with Crippen LogP contribution in [0.3, 0.4) is 0 Å². The van der Waals surface area contributed by atoms with Crippen molar-refractivity contribution in [1.29, 1.82) is 0 Å². The van der Waals surface area contributed by atoms with Gasteiger partial charge in [0.15, 0.2) is 0 Å². The van der Waals surface area contributed by atoms with Crippen LogP contribution >= 0.6 is 0 Å². The Morgan fingerprint density at radius 3 is 2.85 bits per heavy atom. The second-order valence-electron chi connectivity index (χ2n) is 6.83. The van der Waals surface area contributed by atoms with Crippen LogP contribution in [0.2, 0.25) is 0 Å². The Morgan fingerprint density at radius 2 is 2.00 bits per heavy atom. The van der Waals surface area contributed by atoms with Gasteiger partial charge in [0.1, 0.15) is 5.82 Å². The Hall–Kier alpha value is -0.930. The van der Waals surface area contributed by atoms with Crippen molar-refractivity contribution in [2.24, 2.45) is 11.3 Å². The van der Waals surface area contributed by atoms with Gasteiger partial charge in [-0.25, -0.2) is 4.39 Å². The summed E-state index contributed by atoms with van der Waals surface area (Å²) in [7, 11) is 0. The molecule has 3 fully saturated rings. The van der Waals surface area contributed by atoms with E-state index in [-0.39, 0.29) is 5.82 Å². The Morgan fingerprint density at radius 1 is 1.15 bits per heavy atom. The van der Waals surface area contributed by atoms with E-state index in [4.69, 9.17) is 0 Å². The molecule has 0 radical (unpaired) electrons. The molecule has 4 rings (SSSR count). The third-order valence-electron chi connectivity index (χ3n) is 6.06.